The molecule has 4 nitrogen and oxygen atoms in total. The third-order valence-electron chi connectivity index (χ3n) is 4.09. The number of benzene rings is 1. The number of fused-ring (bicyclic) bond motifs is 1. The topological polar surface area (TPSA) is 58.4 Å². The maximum absolute atomic E-state index is 12.0. The van der Waals surface area contributed by atoms with Gasteiger partial charge < -0.3 is 10.6 Å². The van der Waals surface area contributed by atoms with Crippen molar-refractivity contribution in [2.24, 2.45) is 11.7 Å². The van der Waals surface area contributed by atoms with Gasteiger partial charge in [0.25, 0.3) is 0 Å². The Morgan fingerprint density at radius 2 is 2.14 bits per heavy atom. The number of primary amides is 1. The van der Waals surface area contributed by atoms with Crippen LogP contribution in [-0.4, -0.2) is 30.6 Å². The molecule has 1 aromatic carbocycles. The molecule has 1 aromatic rings. The Morgan fingerprint density at radius 3 is 2.76 bits per heavy atom. The molecule has 0 spiro atoms. The van der Waals surface area contributed by atoms with Gasteiger partial charge in [-0.3, -0.25) is 10.1 Å². The van der Waals surface area contributed by atoms with Crippen molar-refractivity contribution in [2.75, 3.05) is 18.0 Å². The van der Waals surface area contributed by atoms with Gasteiger partial charge in [0.15, 0.2) is 0 Å². The van der Waals surface area contributed by atoms with Gasteiger partial charge >= 0.3 is 0 Å². The fourth-order valence-corrected chi connectivity index (χ4v) is 3.27. The van der Waals surface area contributed by atoms with E-state index in [0.29, 0.717) is 12.5 Å². The summed E-state index contributed by atoms with van der Waals surface area (Å²) in [5.74, 6) is 0.281. The van der Waals surface area contributed by atoms with Crippen molar-refractivity contribution in [2.45, 2.75) is 45.7 Å². The lowest BCUT2D eigenvalue weighted by atomic mass is 9.91. The molecule has 0 saturated carbocycles. The zero-order valence-corrected chi connectivity index (χ0v) is 13.5. The second-order valence-electron chi connectivity index (χ2n) is 6.81. The third kappa shape index (κ3) is 3.56. The number of carbonyl (C=O) groups excluding carboxylic acids is 1. The van der Waals surface area contributed by atoms with Crippen molar-refractivity contribution in [3.05, 3.63) is 29.8 Å². The SMILES string of the molecule is CC1Cc2ccccc2N(CC(C)(NC(C)C)C(N)=O)C1. The quantitative estimate of drug-likeness (QED) is 0.871. The van der Waals surface area contributed by atoms with Crippen LogP contribution in [0.5, 0.6) is 0 Å². The summed E-state index contributed by atoms with van der Waals surface area (Å²) in [5, 5.41) is 3.33. The van der Waals surface area contributed by atoms with E-state index < -0.39 is 5.54 Å². The molecule has 21 heavy (non-hydrogen) atoms. The molecule has 3 N–H and O–H groups in total. The van der Waals surface area contributed by atoms with E-state index in [4.69, 9.17) is 5.73 Å². The summed E-state index contributed by atoms with van der Waals surface area (Å²) in [6.45, 7) is 9.78. The fourth-order valence-electron chi connectivity index (χ4n) is 3.27. The number of rotatable bonds is 5. The molecular weight excluding hydrogens is 262 g/mol. The van der Waals surface area contributed by atoms with Gasteiger partial charge in [-0.1, -0.05) is 25.1 Å². The summed E-state index contributed by atoms with van der Waals surface area (Å²) in [7, 11) is 0. The summed E-state index contributed by atoms with van der Waals surface area (Å²) in [6.07, 6.45) is 1.09. The molecule has 0 saturated heterocycles. The van der Waals surface area contributed by atoms with Crippen LogP contribution in [0.25, 0.3) is 0 Å². The third-order valence-corrected chi connectivity index (χ3v) is 4.09. The average molecular weight is 289 g/mol. The van der Waals surface area contributed by atoms with Crippen molar-refractivity contribution in [3.63, 3.8) is 0 Å². The first-order valence-electron chi connectivity index (χ1n) is 7.72. The van der Waals surface area contributed by atoms with E-state index in [1.165, 1.54) is 11.3 Å². The molecular formula is C17H27N3O. The summed E-state index contributed by atoms with van der Waals surface area (Å²) in [6, 6.07) is 8.65. The predicted molar refractivity (Wildman–Crippen MR) is 87.4 cm³/mol. The molecule has 0 bridgehead atoms. The molecule has 1 aliphatic rings. The minimum Gasteiger partial charge on any atom is -0.369 e. The van der Waals surface area contributed by atoms with E-state index in [1.54, 1.807) is 0 Å². The van der Waals surface area contributed by atoms with Crippen LogP contribution in [0.15, 0.2) is 24.3 Å². The van der Waals surface area contributed by atoms with Crippen molar-refractivity contribution in [1.82, 2.24) is 5.32 Å². The van der Waals surface area contributed by atoms with Gasteiger partial charge in [-0.15, -0.1) is 0 Å². The second-order valence-corrected chi connectivity index (χ2v) is 6.81. The first kappa shape index (κ1) is 15.8. The number of carbonyl (C=O) groups is 1. The standard InChI is InChI=1S/C17H27N3O/c1-12(2)19-17(4,16(18)21)11-20-10-13(3)9-14-7-5-6-8-15(14)20/h5-8,12-13,19H,9-11H2,1-4H3,(H2,18,21). The number of nitrogens with zero attached hydrogens (tertiary/aromatic N) is 1. The highest BCUT2D eigenvalue weighted by Crippen LogP contribution is 2.30. The van der Waals surface area contributed by atoms with Gasteiger partial charge in [0, 0.05) is 24.8 Å². The molecule has 2 unspecified atom stereocenters. The van der Waals surface area contributed by atoms with Gasteiger partial charge in [-0.25, -0.2) is 0 Å². The normalized spacial score (nSPS) is 21.0. The minimum absolute atomic E-state index is 0.208. The zero-order valence-electron chi connectivity index (χ0n) is 13.5. The highest BCUT2D eigenvalue weighted by molar-refractivity contribution is 5.85. The molecule has 1 heterocycles. The Morgan fingerprint density at radius 1 is 1.48 bits per heavy atom. The van der Waals surface area contributed by atoms with E-state index in [1.807, 2.05) is 20.8 Å². The van der Waals surface area contributed by atoms with Crippen molar-refractivity contribution in [3.8, 4) is 0 Å². The van der Waals surface area contributed by atoms with Gasteiger partial charge in [-0.05, 0) is 44.7 Å². The van der Waals surface area contributed by atoms with Gasteiger partial charge in [0.05, 0.1) is 0 Å². The maximum atomic E-state index is 12.0. The smallest absolute Gasteiger partial charge is 0.239 e. The van der Waals surface area contributed by atoms with Crippen LogP contribution in [0.3, 0.4) is 0 Å². The van der Waals surface area contributed by atoms with Crippen LogP contribution in [0.4, 0.5) is 5.69 Å². The lowest BCUT2D eigenvalue weighted by Crippen LogP contribution is -2.62. The van der Waals surface area contributed by atoms with E-state index >= 15 is 0 Å². The van der Waals surface area contributed by atoms with Gasteiger partial charge in [0.1, 0.15) is 5.54 Å². The van der Waals surface area contributed by atoms with Gasteiger partial charge in [0.2, 0.25) is 5.91 Å². The van der Waals surface area contributed by atoms with E-state index in [-0.39, 0.29) is 11.9 Å². The Balaban J connectivity index is 2.27. The first-order valence-corrected chi connectivity index (χ1v) is 7.72. The van der Waals surface area contributed by atoms with Gasteiger partial charge in [-0.2, -0.15) is 0 Å². The second kappa shape index (κ2) is 6.06. The highest BCUT2D eigenvalue weighted by Gasteiger charge is 2.35. The van der Waals surface area contributed by atoms with Crippen LogP contribution in [0.2, 0.25) is 0 Å². The van der Waals surface area contributed by atoms with Crippen LogP contribution < -0.4 is 16.0 Å². The Hall–Kier alpha value is -1.55. The molecule has 0 radical (unpaired) electrons. The van der Waals surface area contributed by atoms with E-state index in [9.17, 15) is 4.79 Å². The highest BCUT2D eigenvalue weighted by atomic mass is 16.1. The lowest BCUT2D eigenvalue weighted by molar-refractivity contribution is -0.123. The largest absolute Gasteiger partial charge is 0.369 e. The van der Waals surface area contributed by atoms with E-state index in [2.05, 4.69) is 41.4 Å². The van der Waals surface area contributed by atoms with Crippen LogP contribution in [-0.2, 0) is 11.2 Å². The summed E-state index contributed by atoms with van der Waals surface area (Å²) in [5.41, 5.74) is 7.52. The Labute approximate surface area is 127 Å². The monoisotopic (exact) mass is 289 g/mol. The molecule has 0 fully saturated rings. The summed E-state index contributed by atoms with van der Waals surface area (Å²) < 4.78 is 0. The molecule has 1 amide bonds. The van der Waals surface area contributed by atoms with Crippen molar-refractivity contribution in [1.29, 1.82) is 0 Å². The summed E-state index contributed by atoms with van der Waals surface area (Å²) in [4.78, 5) is 14.3. The number of para-hydroxylation sites is 1. The van der Waals surface area contributed by atoms with Crippen LogP contribution in [0, 0.1) is 5.92 Å². The molecule has 2 rings (SSSR count). The number of amides is 1. The number of hydrogen-bond acceptors (Lipinski definition) is 3. The van der Waals surface area contributed by atoms with E-state index in [0.717, 1.165) is 13.0 Å². The molecule has 0 aromatic heterocycles. The number of nitrogens with one attached hydrogen (secondary N) is 1. The minimum atomic E-state index is -0.724. The fraction of sp³-hybridized carbons (Fsp3) is 0.588. The number of hydrogen-bond donors (Lipinski definition) is 2. The average Bonchev–Trinajstić information content (AvgIpc) is 2.37. The Bertz CT molecular complexity index is 515. The molecule has 2 atom stereocenters. The molecule has 4 heteroatoms. The first-order chi connectivity index (χ1) is 9.82. The lowest BCUT2D eigenvalue weighted by Gasteiger charge is -2.41. The van der Waals surface area contributed by atoms with Crippen LogP contribution >= 0.6 is 0 Å². The van der Waals surface area contributed by atoms with Crippen LogP contribution in [0.1, 0.15) is 33.3 Å². The van der Waals surface area contributed by atoms with Crippen molar-refractivity contribution < 1.29 is 4.79 Å². The Kier molecular flexibility index (Phi) is 4.57. The van der Waals surface area contributed by atoms with Crippen molar-refractivity contribution >= 4 is 11.6 Å². The zero-order chi connectivity index (χ0) is 15.6. The molecule has 0 aliphatic carbocycles. The summed E-state index contributed by atoms with van der Waals surface area (Å²) >= 11 is 0. The molecule has 1 aliphatic heterocycles. The predicted octanol–water partition coefficient (Wildman–Crippen LogP) is 1.93. The maximum Gasteiger partial charge on any atom is 0.239 e. The molecule has 116 valence electrons. The number of nitrogens with two attached hydrogens (primary N) is 1. The number of anilines is 1.